The molecular formula is C26H33ClN2O6. The van der Waals surface area contributed by atoms with Gasteiger partial charge in [0.1, 0.15) is 6.10 Å². The molecule has 0 bridgehead atoms. The Balaban J connectivity index is 0.000000641. The summed E-state index contributed by atoms with van der Waals surface area (Å²) in [7, 11) is 1.57. The zero-order valence-corrected chi connectivity index (χ0v) is 21.0. The third kappa shape index (κ3) is 8.35. The highest BCUT2D eigenvalue weighted by molar-refractivity contribution is 6.33. The van der Waals surface area contributed by atoms with E-state index in [1.54, 1.807) is 14.0 Å². The number of carboxylic acid groups (broad SMARTS) is 2. The standard InChI is InChI=1S/C24H31ClN2O2.C2H2O4/c1-18-17-26(15-13-20-9-5-4-6-10-20)16-14-22(18)27(24(28)19(2)29-3)23-12-8-7-11-21(23)25;3-1(4)2(5)6/h4-12,18-19,22H,13-17H2,1-3H3;(H,3,4)(H,5,6). The van der Waals surface area contributed by atoms with Gasteiger partial charge in [0.15, 0.2) is 0 Å². The van der Waals surface area contributed by atoms with Crippen molar-refractivity contribution in [2.75, 3.05) is 31.6 Å². The molecule has 1 fully saturated rings. The number of anilines is 1. The summed E-state index contributed by atoms with van der Waals surface area (Å²) in [6.45, 7) is 7.00. The van der Waals surface area contributed by atoms with Crippen LogP contribution in [0.5, 0.6) is 0 Å². The predicted octanol–water partition coefficient (Wildman–Crippen LogP) is 3.82. The first-order chi connectivity index (χ1) is 16.6. The Morgan fingerprint density at radius 3 is 2.23 bits per heavy atom. The zero-order valence-electron chi connectivity index (χ0n) is 20.3. The minimum atomic E-state index is -1.82. The number of piperidine rings is 1. The van der Waals surface area contributed by atoms with Gasteiger partial charge in [-0.1, -0.05) is 61.0 Å². The van der Waals surface area contributed by atoms with Gasteiger partial charge in [0.05, 0.1) is 10.7 Å². The molecule has 0 spiro atoms. The second-order valence-electron chi connectivity index (χ2n) is 8.52. The minimum absolute atomic E-state index is 0.0322. The monoisotopic (exact) mass is 504 g/mol. The maximum Gasteiger partial charge on any atom is 0.414 e. The summed E-state index contributed by atoms with van der Waals surface area (Å²) in [6, 6.07) is 18.3. The first-order valence-corrected chi connectivity index (χ1v) is 11.9. The number of amides is 1. The van der Waals surface area contributed by atoms with Gasteiger partial charge in [-0.2, -0.15) is 0 Å². The molecule has 0 aliphatic carbocycles. The lowest BCUT2D eigenvalue weighted by Crippen LogP contribution is -2.54. The summed E-state index contributed by atoms with van der Waals surface area (Å²) in [6.07, 6.45) is 1.46. The summed E-state index contributed by atoms with van der Waals surface area (Å²) >= 11 is 6.48. The molecule has 1 heterocycles. The number of carboxylic acids is 2. The SMILES string of the molecule is COC(C)C(=O)N(c1ccccc1Cl)C1CCN(CCc2ccccc2)CC1C.O=C(O)C(=O)O. The zero-order chi connectivity index (χ0) is 26.0. The first kappa shape index (κ1) is 28.3. The molecule has 2 aromatic rings. The minimum Gasteiger partial charge on any atom is -0.473 e. The molecule has 0 aromatic heterocycles. The van der Waals surface area contributed by atoms with Crippen molar-refractivity contribution in [3.63, 3.8) is 0 Å². The van der Waals surface area contributed by atoms with Crippen LogP contribution < -0.4 is 4.90 Å². The molecule has 2 aromatic carbocycles. The van der Waals surface area contributed by atoms with Crippen LogP contribution in [0.2, 0.25) is 5.02 Å². The lowest BCUT2D eigenvalue weighted by Gasteiger charge is -2.43. The Bertz CT molecular complexity index is 975. The molecule has 35 heavy (non-hydrogen) atoms. The Morgan fingerprint density at radius 1 is 1.09 bits per heavy atom. The molecule has 0 radical (unpaired) electrons. The van der Waals surface area contributed by atoms with Crippen LogP contribution in [0.15, 0.2) is 54.6 Å². The molecule has 2 N–H and O–H groups in total. The van der Waals surface area contributed by atoms with Crippen molar-refractivity contribution in [3.8, 4) is 0 Å². The van der Waals surface area contributed by atoms with Crippen molar-refractivity contribution >= 4 is 35.1 Å². The van der Waals surface area contributed by atoms with E-state index in [0.29, 0.717) is 10.9 Å². The molecule has 0 saturated carbocycles. The molecule has 3 atom stereocenters. The van der Waals surface area contributed by atoms with E-state index in [0.717, 1.165) is 38.2 Å². The van der Waals surface area contributed by atoms with Crippen LogP contribution >= 0.6 is 11.6 Å². The Labute approximate surface area is 211 Å². The molecular weight excluding hydrogens is 472 g/mol. The van der Waals surface area contributed by atoms with Crippen molar-refractivity contribution in [1.29, 1.82) is 0 Å². The molecule has 1 aliphatic heterocycles. The Kier molecular flexibility index (Phi) is 11.2. The van der Waals surface area contributed by atoms with Gasteiger partial charge in [0, 0.05) is 32.8 Å². The number of rotatable bonds is 7. The number of carbonyl (C=O) groups is 3. The molecule has 3 rings (SSSR count). The Morgan fingerprint density at radius 2 is 1.69 bits per heavy atom. The normalized spacial score (nSPS) is 18.6. The molecule has 1 aliphatic rings. The quantitative estimate of drug-likeness (QED) is 0.552. The number of benzene rings is 2. The van der Waals surface area contributed by atoms with Gasteiger partial charge in [-0.05, 0) is 43.4 Å². The fourth-order valence-corrected chi connectivity index (χ4v) is 4.37. The van der Waals surface area contributed by atoms with Crippen LogP contribution in [-0.2, 0) is 25.5 Å². The van der Waals surface area contributed by atoms with Gasteiger partial charge in [-0.15, -0.1) is 0 Å². The molecule has 190 valence electrons. The highest BCUT2D eigenvalue weighted by Gasteiger charge is 2.36. The van der Waals surface area contributed by atoms with Crippen LogP contribution in [0.3, 0.4) is 0 Å². The summed E-state index contributed by atoms with van der Waals surface area (Å²) in [4.78, 5) is 35.8. The van der Waals surface area contributed by atoms with E-state index in [1.165, 1.54) is 5.56 Å². The molecule has 8 nitrogen and oxygen atoms in total. The van der Waals surface area contributed by atoms with Crippen molar-refractivity contribution < 1.29 is 29.3 Å². The topological polar surface area (TPSA) is 107 Å². The summed E-state index contributed by atoms with van der Waals surface area (Å²) in [5.74, 6) is -3.34. The summed E-state index contributed by atoms with van der Waals surface area (Å²) < 4.78 is 5.34. The van der Waals surface area contributed by atoms with Crippen LogP contribution in [0.25, 0.3) is 0 Å². The second kappa shape index (κ2) is 13.8. The van der Waals surface area contributed by atoms with Gasteiger partial charge < -0.3 is 24.7 Å². The average Bonchev–Trinajstić information content (AvgIpc) is 2.85. The van der Waals surface area contributed by atoms with Gasteiger partial charge in [0.2, 0.25) is 0 Å². The number of hydrogen-bond acceptors (Lipinski definition) is 5. The number of aliphatic carboxylic acids is 2. The Hall–Kier alpha value is -2.94. The fraction of sp³-hybridized carbons (Fsp3) is 0.423. The molecule has 1 saturated heterocycles. The van der Waals surface area contributed by atoms with Crippen molar-refractivity contribution in [3.05, 3.63) is 65.2 Å². The van der Waals surface area contributed by atoms with Gasteiger partial charge in [-0.25, -0.2) is 9.59 Å². The van der Waals surface area contributed by atoms with E-state index < -0.39 is 18.0 Å². The largest absolute Gasteiger partial charge is 0.473 e. The summed E-state index contributed by atoms with van der Waals surface area (Å²) in [5, 5.41) is 15.4. The number of halogens is 1. The van der Waals surface area contributed by atoms with E-state index in [-0.39, 0.29) is 11.9 Å². The van der Waals surface area contributed by atoms with Crippen LogP contribution in [0.1, 0.15) is 25.8 Å². The maximum atomic E-state index is 13.2. The lowest BCUT2D eigenvalue weighted by atomic mass is 9.91. The number of likely N-dealkylation sites (tertiary alicyclic amines) is 1. The van der Waals surface area contributed by atoms with Gasteiger partial charge >= 0.3 is 11.9 Å². The fourth-order valence-electron chi connectivity index (χ4n) is 4.14. The maximum absolute atomic E-state index is 13.2. The van der Waals surface area contributed by atoms with Crippen LogP contribution in [-0.4, -0.2) is 71.8 Å². The van der Waals surface area contributed by atoms with E-state index in [1.807, 2.05) is 29.2 Å². The van der Waals surface area contributed by atoms with E-state index in [2.05, 4.69) is 42.2 Å². The molecule has 9 heteroatoms. The first-order valence-electron chi connectivity index (χ1n) is 11.5. The number of methoxy groups -OCH3 is 1. The third-order valence-corrected chi connectivity index (χ3v) is 6.39. The van der Waals surface area contributed by atoms with Crippen LogP contribution in [0.4, 0.5) is 5.69 Å². The van der Waals surface area contributed by atoms with Gasteiger partial charge in [0.25, 0.3) is 5.91 Å². The predicted molar refractivity (Wildman–Crippen MR) is 135 cm³/mol. The van der Waals surface area contributed by atoms with E-state index in [9.17, 15) is 4.79 Å². The third-order valence-electron chi connectivity index (χ3n) is 6.07. The molecule has 3 unspecified atom stereocenters. The number of ether oxygens (including phenoxy) is 1. The van der Waals surface area contributed by atoms with E-state index in [4.69, 9.17) is 36.1 Å². The van der Waals surface area contributed by atoms with Crippen molar-refractivity contribution in [2.45, 2.75) is 38.8 Å². The van der Waals surface area contributed by atoms with Crippen molar-refractivity contribution in [1.82, 2.24) is 4.90 Å². The van der Waals surface area contributed by atoms with Crippen LogP contribution in [0, 0.1) is 5.92 Å². The van der Waals surface area contributed by atoms with Gasteiger partial charge in [-0.3, -0.25) is 4.79 Å². The summed E-state index contributed by atoms with van der Waals surface area (Å²) in [5.41, 5.74) is 2.14. The van der Waals surface area contributed by atoms with Crippen molar-refractivity contribution in [2.24, 2.45) is 5.92 Å². The molecule has 1 amide bonds. The number of nitrogens with zero attached hydrogens (tertiary/aromatic N) is 2. The lowest BCUT2D eigenvalue weighted by molar-refractivity contribution is -0.159. The second-order valence-corrected chi connectivity index (χ2v) is 8.92. The highest BCUT2D eigenvalue weighted by atomic mass is 35.5. The average molecular weight is 505 g/mol. The highest BCUT2D eigenvalue weighted by Crippen LogP contribution is 2.33. The number of carbonyl (C=O) groups excluding carboxylic acids is 1. The van der Waals surface area contributed by atoms with E-state index >= 15 is 0 Å². The number of para-hydroxylation sites is 1. The number of hydrogen-bond donors (Lipinski definition) is 2. The smallest absolute Gasteiger partial charge is 0.414 e.